The summed E-state index contributed by atoms with van der Waals surface area (Å²) in [6.45, 7) is 9.33. The largest absolute Gasteiger partial charge is 0.494 e. The molecule has 1 aromatic rings. The molecule has 0 saturated carbocycles. The van der Waals surface area contributed by atoms with Crippen LogP contribution in [-0.4, -0.2) is 63.0 Å². The molecule has 1 atom stereocenters. The minimum atomic E-state index is -0.801. The number of carbonyl (C=O) groups excluding carboxylic acids is 1. The van der Waals surface area contributed by atoms with Gasteiger partial charge < -0.3 is 19.5 Å². The maximum absolute atomic E-state index is 12.5. The molecule has 2 rings (SSSR count). The van der Waals surface area contributed by atoms with E-state index in [-0.39, 0.29) is 5.91 Å². The van der Waals surface area contributed by atoms with Crippen LogP contribution in [-0.2, 0) is 14.3 Å². The van der Waals surface area contributed by atoms with Gasteiger partial charge in [-0.05, 0) is 44.0 Å². The Morgan fingerprint density at radius 2 is 1.93 bits per heavy atom. The number of ether oxygens (including phenoxy) is 3. The lowest BCUT2D eigenvalue weighted by atomic mass is 9.97. The highest BCUT2D eigenvalue weighted by Gasteiger charge is 2.32. The van der Waals surface area contributed by atoms with Gasteiger partial charge in [-0.15, -0.1) is 0 Å². The Balaban J connectivity index is 1.74. The zero-order chi connectivity index (χ0) is 19.5. The van der Waals surface area contributed by atoms with Crippen molar-refractivity contribution in [3.63, 3.8) is 0 Å². The number of nitrogens with one attached hydrogen (secondary N) is 1. The van der Waals surface area contributed by atoms with Crippen LogP contribution >= 0.6 is 0 Å². The van der Waals surface area contributed by atoms with Crippen LogP contribution in [0.25, 0.3) is 0 Å². The normalized spacial score (nSPS) is 17.3. The quantitative estimate of drug-likeness (QED) is 0.599. The minimum Gasteiger partial charge on any atom is -0.494 e. The summed E-state index contributed by atoms with van der Waals surface area (Å²) in [6.07, 6.45) is 3.68. The van der Waals surface area contributed by atoms with Crippen molar-refractivity contribution in [2.75, 3.05) is 51.9 Å². The number of hydrogen-bond donors (Lipinski definition) is 1. The van der Waals surface area contributed by atoms with Crippen molar-refractivity contribution in [2.45, 2.75) is 45.1 Å². The summed E-state index contributed by atoms with van der Waals surface area (Å²) in [6, 6.07) is 7.51. The molecule has 1 heterocycles. The third-order valence-electron chi connectivity index (χ3n) is 5.04. The number of hydrogen-bond acceptors (Lipinski definition) is 5. The lowest BCUT2D eigenvalue weighted by Crippen LogP contribution is -2.41. The van der Waals surface area contributed by atoms with E-state index in [2.05, 4.69) is 17.1 Å². The van der Waals surface area contributed by atoms with Crippen molar-refractivity contribution in [1.29, 1.82) is 0 Å². The lowest BCUT2D eigenvalue weighted by Gasteiger charge is -2.26. The monoisotopic (exact) mass is 378 g/mol. The molecular formula is C21H34N2O4. The van der Waals surface area contributed by atoms with Crippen LogP contribution in [0.5, 0.6) is 5.75 Å². The molecule has 1 saturated heterocycles. The Morgan fingerprint density at radius 1 is 1.22 bits per heavy atom. The molecule has 1 aliphatic heterocycles. The first-order valence-corrected chi connectivity index (χ1v) is 9.97. The van der Waals surface area contributed by atoms with Gasteiger partial charge in [-0.2, -0.15) is 0 Å². The highest BCUT2D eigenvalue weighted by atomic mass is 16.5. The lowest BCUT2D eigenvalue weighted by molar-refractivity contribution is -0.136. The van der Waals surface area contributed by atoms with Gasteiger partial charge in [0, 0.05) is 32.4 Å². The summed E-state index contributed by atoms with van der Waals surface area (Å²) in [7, 11) is 1.59. The molecule has 6 nitrogen and oxygen atoms in total. The van der Waals surface area contributed by atoms with Gasteiger partial charge in [0.1, 0.15) is 11.4 Å². The molecule has 27 heavy (non-hydrogen) atoms. The van der Waals surface area contributed by atoms with E-state index in [4.69, 9.17) is 14.2 Å². The Bertz CT molecular complexity index is 558. The third-order valence-corrected chi connectivity index (χ3v) is 5.04. The number of amides is 1. The Kier molecular flexibility index (Phi) is 9.04. The summed E-state index contributed by atoms with van der Waals surface area (Å²) >= 11 is 0. The first-order valence-electron chi connectivity index (χ1n) is 9.97. The van der Waals surface area contributed by atoms with Crippen LogP contribution in [0.1, 0.15) is 39.5 Å². The summed E-state index contributed by atoms with van der Waals surface area (Å²) in [4.78, 5) is 14.9. The average molecular weight is 379 g/mol. The zero-order valence-corrected chi connectivity index (χ0v) is 17.0. The van der Waals surface area contributed by atoms with Crippen molar-refractivity contribution >= 4 is 11.6 Å². The van der Waals surface area contributed by atoms with E-state index in [1.165, 1.54) is 0 Å². The standard InChI is InChI=1S/C21H34N2O4/c1-4-5-11-21(2,25-3)20(24)22-18-7-9-19(10-8-18)27-15-6-12-23-13-16-26-17-14-23/h7-10H,4-6,11-17H2,1-3H3,(H,22,24)/t21-/m1/s1. The second kappa shape index (κ2) is 11.3. The van der Waals surface area contributed by atoms with Crippen LogP contribution in [0.3, 0.4) is 0 Å². The molecule has 1 aliphatic rings. The number of anilines is 1. The number of nitrogens with zero attached hydrogens (tertiary/aromatic N) is 1. The fourth-order valence-electron chi connectivity index (χ4n) is 3.02. The molecule has 0 radical (unpaired) electrons. The maximum atomic E-state index is 12.5. The molecule has 6 heteroatoms. The smallest absolute Gasteiger partial charge is 0.256 e. The molecule has 1 fully saturated rings. The number of benzene rings is 1. The summed E-state index contributed by atoms with van der Waals surface area (Å²) in [5.74, 6) is 0.702. The second-order valence-electron chi connectivity index (χ2n) is 7.17. The van der Waals surface area contributed by atoms with Gasteiger partial charge >= 0.3 is 0 Å². The second-order valence-corrected chi connectivity index (χ2v) is 7.17. The molecule has 0 bridgehead atoms. The summed E-state index contributed by atoms with van der Waals surface area (Å²) in [5.41, 5.74) is -0.0505. The SMILES string of the molecule is CCCC[C@@](C)(OC)C(=O)Nc1ccc(OCCCN2CCOCC2)cc1. The zero-order valence-electron chi connectivity index (χ0n) is 17.0. The topological polar surface area (TPSA) is 60.0 Å². The van der Waals surface area contributed by atoms with Gasteiger partial charge in [-0.1, -0.05) is 19.8 Å². The predicted octanol–water partition coefficient (Wildman–Crippen LogP) is 3.32. The van der Waals surface area contributed by atoms with E-state index in [1.54, 1.807) is 7.11 Å². The van der Waals surface area contributed by atoms with Gasteiger partial charge in [0.05, 0.1) is 19.8 Å². The van der Waals surface area contributed by atoms with Crippen molar-refractivity contribution in [2.24, 2.45) is 0 Å². The van der Waals surface area contributed by atoms with Gasteiger partial charge in [0.15, 0.2) is 0 Å². The highest BCUT2D eigenvalue weighted by Crippen LogP contribution is 2.22. The van der Waals surface area contributed by atoms with E-state index in [0.717, 1.165) is 63.5 Å². The molecular weight excluding hydrogens is 344 g/mol. The van der Waals surface area contributed by atoms with E-state index in [0.29, 0.717) is 13.0 Å². The van der Waals surface area contributed by atoms with Crippen molar-refractivity contribution in [1.82, 2.24) is 4.90 Å². The van der Waals surface area contributed by atoms with E-state index >= 15 is 0 Å². The average Bonchev–Trinajstić information content (AvgIpc) is 2.71. The molecule has 1 N–H and O–H groups in total. The van der Waals surface area contributed by atoms with Gasteiger partial charge in [-0.3, -0.25) is 9.69 Å². The van der Waals surface area contributed by atoms with Crippen molar-refractivity contribution < 1.29 is 19.0 Å². The van der Waals surface area contributed by atoms with Crippen molar-refractivity contribution in [3.05, 3.63) is 24.3 Å². The third kappa shape index (κ3) is 7.13. The summed E-state index contributed by atoms with van der Waals surface area (Å²) in [5, 5.41) is 2.94. The first-order chi connectivity index (χ1) is 13.1. The van der Waals surface area contributed by atoms with E-state index in [9.17, 15) is 4.79 Å². The van der Waals surface area contributed by atoms with Gasteiger partial charge in [-0.25, -0.2) is 0 Å². The maximum Gasteiger partial charge on any atom is 0.256 e. The van der Waals surface area contributed by atoms with Crippen LogP contribution in [0.15, 0.2) is 24.3 Å². The number of methoxy groups -OCH3 is 1. The molecule has 0 unspecified atom stereocenters. The highest BCUT2D eigenvalue weighted by molar-refractivity contribution is 5.97. The minimum absolute atomic E-state index is 0.113. The van der Waals surface area contributed by atoms with Gasteiger partial charge in [0.2, 0.25) is 0 Å². The predicted molar refractivity (Wildman–Crippen MR) is 107 cm³/mol. The van der Waals surface area contributed by atoms with Gasteiger partial charge in [0.25, 0.3) is 5.91 Å². The Labute approximate surface area is 163 Å². The molecule has 0 aliphatic carbocycles. The number of unbranched alkanes of at least 4 members (excludes halogenated alkanes) is 1. The molecule has 0 aromatic heterocycles. The van der Waals surface area contributed by atoms with Crippen LogP contribution < -0.4 is 10.1 Å². The number of carbonyl (C=O) groups is 1. The Hall–Kier alpha value is -1.63. The van der Waals surface area contributed by atoms with Crippen LogP contribution in [0, 0.1) is 0 Å². The molecule has 152 valence electrons. The molecule has 1 amide bonds. The molecule has 0 spiro atoms. The number of morpholine rings is 1. The van der Waals surface area contributed by atoms with E-state index < -0.39 is 5.60 Å². The molecule has 1 aromatic carbocycles. The Morgan fingerprint density at radius 3 is 2.56 bits per heavy atom. The summed E-state index contributed by atoms with van der Waals surface area (Å²) < 4.78 is 16.6. The number of rotatable bonds is 11. The first kappa shape index (κ1) is 21.7. The van der Waals surface area contributed by atoms with E-state index in [1.807, 2.05) is 31.2 Å². The van der Waals surface area contributed by atoms with Crippen LogP contribution in [0.2, 0.25) is 0 Å². The van der Waals surface area contributed by atoms with Crippen molar-refractivity contribution in [3.8, 4) is 5.75 Å². The van der Waals surface area contributed by atoms with Crippen LogP contribution in [0.4, 0.5) is 5.69 Å². The fourth-order valence-corrected chi connectivity index (χ4v) is 3.02. The fraction of sp³-hybridized carbons (Fsp3) is 0.667.